The predicted octanol–water partition coefficient (Wildman–Crippen LogP) is 1.61. The van der Waals surface area contributed by atoms with Gasteiger partial charge >= 0.3 is 0 Å². The Morgan fingerprint density at radius 2 is 1.95 bits per heavy atom. The van der Waals surface area contributed by atoms with Crippen molar-refractivity contribution in [2.75, 3.05) is 6.54 Å². The van der Waals surface area contributed by atoms with Crippen molar-refractivity contribution >= 4 is 11.7 Å². The number of amides is 1. The molecule has 0 aliphatic carbocycles. The van der Waals surface area contributed by atoms with E-state index in [1.54, 1.807) is 6.08 Å². The third-order valence-corrected chi connectivity index (χ3v) is 3.05. The lowest BCUT2D eigenvalue weighted by molar-refractivity contribution is -0.121. The summed E-state index contributed by atoms with van der Waals surface area (Å²) in [6.45, 7) is 2.73. The van der Waals surface area contributed by atoms with E-state index in [0.717, 1.165) is 32.1 Å². The van der Waals surface area contributed by atoms with Crippen molar-refractivity contribution in [2.24, 2.45) is 11.5 Å². The summed E-state index contributed by atoms with van der Waals surface area (Å²) in [7, 11) is 0. The molecule has 1 amide bonds. The molecule has 5 heteroatoms. The van der Waals surface area contributed by atoms with Gasteiger partial charge in [0.1, 0.15) is 5.78 Å². The van der Waals surface area contributed by atoms with Gasteiger partial charge in [0.25, 0.3) is 0 Å². The molecule has 0 spiro atoms. The van der Waals surface area contributed by atoms with Gasteiger partial charge in [0, 0.05) is 19.0 Å². The molecule has 0 rings (SSSR count). The topological polar surface area (TPSA) is 98.2 Å². The van der Waals surface area contributed by atoms with Gasteiger partial charge in [0.15, 0.2) is 0 Å². The Kier molecular flexibility index (Phi) is 12.0. The van der Waals surface area contributed by atoms with Gasteiger partial charge in [-0.2, -0.15) is 0 Å². The smallest absolute Gasteiger partial charge is 0.240 e. The van der Waals surface area contributed by atoms with Crippen LogP contribution in [-0.4, -0.2) is 24.3 Å². The van der Waals surface area contributed by atoms with E-state index in [4.69, 9.17) is 11.5 Å². The molecule has 0 saturated heterocycles. The van der Waals surface area contributed by atoms with Crippen LogP contribution >= 0.6 is 0 Å². The van der Waals surface area contributed by atoms with Gasteiger partial charge < -0.3 is 16.8 Å². The van der Waals surface area contributed by atoms with Gasteiger partial charge in [0.2, 0.25) is 5.91 Å². The van der Waals surface area contributed by atoms with E-state index in [1.165, 1.54) is 6.20 Å². The van der Waals surface area contributed by atoms with Crippen LogP contribution < -0.4 is 16.8 Å². The summed E-state index contributed by atoms with van der Waals surface area (Å²) in [5.41, 5.74) is 11.1. The Bertz CT molecular complexity index is 303. The number of Topliss-reactive ketones (excluding diaryl/α,β-unsaturated/α-hetero) is 1. The zero-order valence-corrected chi connectivity index (χ0v) is 12.6. The van der Waals surface area contributed by atoms with Crippen LogP contribution in [-0.2, 0) is 9.59 Å². The van der Waals surface area contributed by atoms with E-state index in [0.29, 0.717) is 25.8 Å². The van der Waals surface area contributed by atoms with Crippen molar-refractivity contribution < 1.29 is 9.59 Å². The van der Waals surface area contributed by atoms with E-state index in [2.05, 4.69) is 12.2 Å². The molecule has 20 heavy (non-hydrogen) atoms. The van der Waals surface area contributed by atoms with Crippen molar-refractivity contribution in [1.29, 1.82) is 0 Å². The molecule has 0 radical (unpaired) electrons. The quantitative estimate of drug-likeness (QED) is 0.474. The number of ketones is 1. The highest BCUT2D eigenvalue weighted by atomic mass is 16.2. The average Bonchev–Trinajstić information content (AvgIpc) is 2.43. The lowest BCUT2D eigenvalue weighted by Crippen LogP contribution is -2.38. The Hall–Kier alpha value is -1.20. The lowest BCUT2D eigenvalue weighted by Gasteiger charge is -2.09. The number of rotatable bonds is 12. The average molecular weight is 283 g/mol. The van der Waals surface area contributed by atoms with Crippen LogP contribution in [0.1, 0.15) is 58.3 Å². The zero-order valence-electron chi connectivity index (χ0n) is 12.6. The molecule has 0 aromatic rings. The molecule has 1 atom stereocenters. The first-order chi connectivity index (χ1) is 9.61. The fraction of sp³-hybridized carbons (Fsp3) is 0.733. The molecule has 116 valence electrons. The molecule has 5 nitrogen and oxygen atoms in total. The number of hydrogen-bond donors (Lipinski definition) is 3. The minimum atomic E-state index is -0.508. The van der Waals surface area contributed by atoms with Gasteiger partial charge in [-0.1, -0.05) is 32.3 Å². The van der Waals surface area contributed by atoms with Crippen molar-refractivity contribution in [3.05, 3.63) is 12.3 Å². The molecule has 0 aromatic heterocycles. The second kappa shape index (κ2) is 12.8. The summed E-state index contributed by atoms with van der Waals surface area (Å²) in [6.07, 6.45) is 9.69. The number of nitrogens with one attached hydrogen (secondary N) is 1. The molecular formula is C15H29N3O2. The summed E-state index contributed by atoms with van der Waals surface area (Å²) in [4.78, 5) is 23.1. The van der Waals surface area contributed by atoms with Gasteiger partial charge in [-0.15, -0.1) is 0 Å². The number of allylic oxidation sites excluding steroid dienone is 1. The largest absolute Gasteiger partial charge is 0.332 e. The summed E-state index contributed by atoms with van der Waals surface area (Å²) >= 11 is 0. The summed E-state index contributed by atoms with van der Waals surface area (Å²) in [5.74, 6) is -0.00658. The molecule has 0 bridgehead atoms. The van der Waals surface area contributed by atoms with Crippen LogP contribution in [0.3, 0.4) is 0 Å². The fourth-order valence-electron chi connectivity index (χ4n) is 1.75. The SMILES string of the molecule is CCCCCC(=O)C/C=C/NC(=O)[C@@H](N)CCCCN. The molecule has 0 unspecified atom stereocenters. The summed E-state index contributed by atoms with van der Waals surface area (Å²) in [6, 6.07) is -0.508. The minimum absolute atomic E-state index is 0.205. The Morgan fingerprint density at radius 1 is 1.20 bits per heavy atom. The number of hydrogen-bond acceptors (Lipinski definition) is 4. The monoisotopic (exact) mass is 283 g/mol. The Balaban J connectivity index is 3.71. The van der Waals surface area contributed by atoms with Crippen LogP contribution in [0.2, 0.25) is 0 Å². The van der Waals surface area contributed by atoms with Crippen LogP contribution in [0, 0.1) is 0 Å². The maximum absolute atomic E-state index is 11.6. The number of carbonyl (C=O) groups is 2. The van der Waals surface area contributed by atoms with E-state index >= 15 is 0 Å². The number of nitrogens with two attached hydrogens (primary N) is 2. The molecule has 0 heterocycles. The van der Waals surface area contributed by atoms with Crippen LogP contribution in [0.4, 0.5) is 0 Å². The van der Waals surface area contributed by atoms with Crippen molar-refractivity contribution in [3.63, 3.8) is 0 Å². The molecule has 0 aliphatic heterocycles. The van der Waals surface area contributed by atoms with Gasteiger partial charge in [0.05, 0.1) is 6.04 Å². The van der Waals surface area contributed by atoms with Crippen LogP contribution in [0.15, 0.2) is 12.3 Å². The summed E-state index contributed by atoms with van der Waals surface area (Å²) in [5, 5.41) is 2.60. The highest BCUT2D eigenvalue weighted by molar-refractivity contribution is 5.82. The van der Waals surface area contributed by atoms with Gasteiger partial charge in [-0.05, 0) is 25.8 Å². The van der Waals surface area contributed by atoms with Crippen molar-refractivity contribution in [1.82, 2.24) is 5.32 Å². The molecule has 0 aromatic carbocycles. The van der Waals surface area contributed by atoms with E-state index in [-0.39, 0.29) is 11.7 Å². The minimum Gasteiger partial charge on any atom is -0.332 e. The fourth-order valence-corrected chi connectivity index (χ4v) is 1.75. The maximum atomic E-state index is 11.6. The Labute approximate surface area is 122 Å². The van der Waals surface area contributed by atoms with Crippen molar-refractivity contribution in [2.45, 2.75) is 64.3 Å². The van der Waals surface area contributed by atoms with E-state index < -0.39 is 6.04 Å². The van der Waals surface area contributed by atoms with Gasteiger partial charge in [-0.25, -0.2) is 0 Å². The number of unbranched alkanes of at least 4 members (excludes halogenated alkanes) is 3. The van der Waals surface area contributed by atoms with E-state index in [1.807, 2.05) is 0 Å². The van der Waals surface area contributed by atoms with Crippen LogP contribution in [0.25, 0.3) is 0 Å². The normalized spacial score (nSPS) is 12.6. The highest BCUT2D eigenvalue weighted by Gasteiger charge is 2.10. The standard InChI is InChI=1S/C15H29N3O2/c1-2-3-4-8-13(19)9-7-12-18-15(20)14(17)10-5-6-11-16/h7,12,14H,2-6,8-11,16-17H2,1H3,(H,18,20)/b12-7+/t14-/m0/s1. The third kappa shape index (κ3) is 10.7. The lowest BCUT2D eigenvalue weighted by atomic mass is 10.1. The number of carbonyl (C=O) groups excluding carboxylic acids is 2. The highest BCUT2D eigenvalue weighted by Crippen LogP contribution is 2.02. The molecule has 5 N–H and O–H groups in total. The van der Waals surface area contributed by atoms with Crippen molar-refractivity contribution in [3.8, 4) is 0 Å². The zero-order chi connectivity index (χ0) is 15.2. The first-order valence-electron chi connectivity index (χ1n) is 7.54. The third-order valence-electron chi connectivity index (χ3n) is 3.05. The predicted molar refractivity (Wildman–Crippen MR) is 81.9 cm³/mol. The van der Waals surface area contributed by atoms with E-state index in [9.17, 15) is 9.59 Å². The molecule has 0 fully saturated rings. The molecule has 0 saturated carbocycles. The molecule has 0 aliphatic rings. The second-order valence-corrected chi connectivity index (χ2v) is 5.00. The first-order valence-corrected chi connectivity index (χ1v) is 7.54. The molecular weight excluding hydrogens is 254 g/mol. The maximum Gasteiger partial charge on any atom is 0.240 e. The van der Waals surface area contributed by atoms with Crippen LogP contribution in [0.5, 0.6) is 0 Å². The second-order valence-electron chi connectivity index (χ2n) is 5.00. The summed E-state index contributed by atoms with van der Waals surface area (Å²) < 4.78 is 0. The first kappa shape index (κ1) is 18.8. The van der Waals surface area contributed by atoms with Gasteiger partial charge in [-0.3, -0.25) is 9.59 Å². The Morgan fingerprint density at radius 3 is 2.60 bits per heavy atom.